The molecule has 0 unspecified atom stereocenters. The molecule has 3 aromatic rings. The Morgan fingerprint density at radius 1 is 1.11 bits per heavy atom. The minimum atomic E-state index is -4.45. The first-order valence-electron chi connectivity index (χ1n) is 8.71. The van der Waals surface area contributed by atoms with E-state index in [9.17, 15) is 13.2 Å². The van der Waals surface area contributed by atoms with Gasteiger partial charge in [-0.1, -0.05) is 37.8 Å². The first-order chi connectivity index (χ1) is 12.6. The van der Waals surface area contributed by atoms with Crippen LogP contribution in [0.2, 0.25) is 25.7 Å². The molecule has 3 rings (SSSR count). The molecule has 144 valence electrons. The van der Waals surface area contributed by atoms with Gasteiger partial charge >= 0.3 is 6.18 Å². The Morgan fingerprint density at radius 2 is 1.85 bits per heavy atom. The summed E-state index contributed by atoms with van der Waals surface area (Å²) >= 11 is 0. The van der Waals surface area contributed by atoms with Gasteiger partial charge in [-0.25, -0.2) is 9.97 Å². The molecular formula is C19H22F3N3OSi. The third-order valence-electron chi connectivity index (χ3n) is 4.22. The van der Waals surface area contributed by atoms with Crippen LogP contribution in [0.3, 0.4) is 0 Å². The van der Waals surface area contributed by atoms with Crippen molar-refractivity contribution in [3.05, 3.63) is 48.3 Å². The summed E-state index contributed by atoms with van der Waals surface area (Å²) in [5, 5.41) is 0. The van der Waals surface area contributed by atoms with Crippen molar-refractivity contribution < 1.29 is 17.9 Å². The second kappa shape index (κ2) is 7.44. The third-order valence-corrected chi connectivity index (χ3v) is 5.92. The van der Waals surface area contributed by atoms with Gasteiger partial charge < -0.3 is 9.30 Å². The van der Waals surface area contributed by atoms with Crippen molar-refractivity contribution in [2.45, 2.75) is 38.6 Å². The van der Waals surface area contributed by atoms with E-state index in [4.69, 9.17) is 4.74 Å². The highest BCUT2D eigenvalue weighted by molar-refractivity contribution is 6.76. The van der Waals surface area contributed by atoms with Crippen molar-refractivity contribution in [2.24, 2.45) is 0 Å². The van der Waals surface area contributed by atoms with Gasteiger partial charge in [0.05, 0.1) is 22.8 Å². The molecule has 0 aliphatic heterocycles. The lowest BCUT2D eigenvalue weighted by atomic mass is 10.1. The van der Waals surface area contributed by atoms with Crippen molar-refractivity contribution in [1.82, 2.24) is 14.5 Å². The summed E-state index contributed by atoms with van der Waals surface area (Å²) < 4.78 is 47.3. The molecule has 2 heterocycles. The number of hydrogen-bond acceptors (Lipinski definition) is 3. The van der Waals surface area contributed by atoms with E-state index in [0.717, 1.165) is 17.6 Å². The Balaban J connectivity index is 1.82. The van der Waals surface area contributed by atoms with Crippen molar-refractivity contribution in [3.63, 3.8) is 0 Å². The van der Waals surface area contributed by atoms with Gasteiger partial charge in [0, 0.05) is 26.4 Å². The smallest absolute Gasteiger partial charge is 0.361 e. The highest BCUT2D eigenvalue weighted by Crippen LogP contribution is 2.36. The molecule has 2 aromatic heterocycles. The van der Waals surface area contributed by atoms with Crippen LogP contribution in [0.15, 0.2) is 42.7 Å². The first kappa shape index (κ1) is 19.6. The zero-order chi connectivity index (χ0) is 19.7. The molecular weight excluding hydrogens is 371 g/mol. The molecule has 8 heteroatoms. The van der Waals surface area contributed by atoms with E-state index in [0.29, 0.717) is 18.9 Å². The zero-order valence-electron chi connectivity index (χ0n) is 15.5. The number of benzene rings is 1. The fourth-order valence-electron chi connectivity index (χ4n) is 2.68. The molecule has 0 bridgehead atoms. The number of halogens is 3. The SMILES string of the molecule is C[Si](C)(C)CCOCn1ccc2nc(-c3ccccc3C(F)(F)F)ncc21. The van der Waals surface area contributed by atoms with Crippen molar-refractivity contribution >= 4 is 19.1 Å². The summed E-state index contributed by atoms with van der Waals surface area (Å²) in [7, 11) is -1.15. The van der Waals surface area contributed by atoms with Crippen LogP contribution >= 0.6 is 0 Å². The zero-order valence-corrected chi connectivity index (χ0v) is 16.5. The van der Waals surface area contributed by atoms with Crippen molar-refractivity contribution in [3.8, 4) is 11.4 Å². The minimum Gasteiger partial charge on any atom is -0.361 e. The second-order valence-corrected chi connectivity index (χ2v) is 13.3. The van der Waals surface area contributed by atoms with Crippen LogP contribution in [0.5, 0.6) is 0 Å². The molecule has 0 spiro atoms. The number of ether oxygens (including phenoxy) is 1. The number of hydrogen-bond donors (Lipinski definition) is 0. The van der Waals surface area contributed by atoms with Gasteiger partial charge in [0.25, 0.3) is 0 Å². The molecule has 0 atom stereocenters. The number of rotatable bonds is 6. The van der Waals surface area contributed by atoms with Crippen LogP contribution in [0, 0.1) is 0 Å². The molecule has 0 radical (unpaired) electrons. The number of aromatic nitrogens is 3. The minimum absolute atomic E-state index is 0.0222. The quantitative estimate of drug-likeness (QED) is 0.414. The van der Waals surface area contributed by atoms with Crippen LogP contribution in [-0.2, 0) is 17.6 Å². The topological polar surface area (TPSA) is 39.9 Å². The highest BCUT2D eigenvalue weighted by Gasteiger charge is 2.34. The van der Waals surface area contributed by atoms with E-state index in [1.165, 1.54) is 12.1 Å². The molecule has 27 heavy (non-hydrogen) atoms. The summed E-state index contributed by atoms with van der Waals surface area (Å²) in [5.74, 6) is 0.0628. The second-order valence-electron chi connectivity index (χ2n) is 7.64. The third kappa shape index (κ3) is 4.75. The lowest BCUT2D eigenvalue weighted by Crippen LogP contribution is -2.21. The van der Waals surface area contributed by atoms with Crippen LogP contribution in [-0.4, -0.2) is 29.2 Å². The Kier molecular flexibility index (Phi) is 5.39. The van der Waals surface area contributed by atoms with E-state index in [1.54, 1.807) is 18.3 Å². The van der Waals surface area contributed by atoms with Gasteiger partial charge in [-0.15, -0.1) is 0 Å². The van der Waals surface area contributed by atoms with Crippen LogP contribution in [0.1, 0.15) is 5.56 Å². The molecule has 0 aliphatic carbocycles. The van der Waals surface area contributed by atoms with E-state index in [2.05, 4.69) is 29.6 Å². The molecule has 4 nitrogen and oxygen atoms in total. The van der Waals surface area contributed by atoms with Crippen LogP contribution in [0.25, 0.3) is 22.4 Å². The number of nitrogens with zero attached hydrogens (tertiary/aromatic N) is 3. The van der Waals surface area contributed by atoms with E-state index < -0.39 is 19.8 Å². The lowest BCUT2D eigenvalue weighted by Gasteiger charge is -2.15. The first-order valence-corrected chi connectivity index (χ1v) is 12.4. The number of alkyl halides is 3. The van der Waals surface area contributed by atoms with Gasteiger partial charge in [0.15, 0.2) is 5.82 Å². The van der Waals surface area contributed by atoms with Gasteiger partial charge in [-0.3, -0.25) is 0 Å². The molecule has 0 fully saturated rings. The number of fused-ring (bicyclic) bond motifs is 1. The van der Waals surface area contributed by atoms with Crippen molar-refractivity contribution in [1.29, 1.82) is 0 Å². The maximum absolute atomic E-state index is 13.2. The Labute approximate surface area is 157 Å². The molecule has 0 N–H and O–H groups in total. The van der Waals surface area contributed by atoms with Gasteiger partial charge in [-0.2, -0.15) is 13.2 Å². The van der Waals surface area contributed by atoms with E-state index in [1.807, 2.05) is 10.8 Å². The highest BCUT2D eigenvalue weighted by atomic mass is 28.3. The summed E-state index contributed by atoms with van der Waals surface area (Å²) in [5.41, 5.74) is 0.562. The summed E-state index contributed by atoms with van der Waals surface area (Å²) in [6, 6.07) is 8.18. The fraction of sp³-hybridized carbons (Fsp3) is 0.368. The molecule has 0 saturated heterocycles. The predicted octanol–water partition coefficient (Wildman–Crippen LogP) is 5.43. The monoisotopic (exact) mass is 393 g/mol. The molecule has 0 amide bonds. The van der Waals surface area contributed by atoms with Crippen LogP contribution < -0.4 is 0 Å². The standard InChI is InChI=1S/C19H22F3N3OSi/c1-27(2,3)11-10-26-13-25-9-8-16-17(25)12-23-18(24-16)14-6-4-5-7-15(14)19(20,21)22/h4-9,12H,10-11,13H2,1-3H3. The molecule has 0 saturated carbocycles. The average Bonchev–Trinajstić information content (AvgIpc) is 2.99. The summed E-state index contributed by atoms with van der Waals surface area (Å²) in [6.45, 7) is 7.92. The Hall–Kier alpha value is -2.19. The fourth-order valence-corrected chi connectivity index (χ4v) is 3.44. The van der Waals surface area contributed by atoms with Gasteiger partial charge in [-0.05, 0) is 18.2 Å². The van der Waals surface area contributed by atoms with Gasteiger partial charge in [0.2, 0.25) is 0 Å². The predicted molar refractivity (Wildman–Crippen MR) is 102 cm³/mol. The van der Waals surface area contributed by atoms with Crippen molar-refractivity contribution in [2.75, 3.05) is 6.61 Å². The van der Waals surface area contributed by atoms with E-state index >= 15 is 0 Å². The largest absolute Gasteiger partial charge is 0.417 e. The average molecular weight is 393 g/mol. The van der Waals surface area contributed by atoms with Gasteiger partial charge in [0.1, 0.15) is 6.73 Å². The summed E-state index contributed by atoms with van der Waals surface area (Å²) in [6.07, 6.45) is -1.09. The summed E-state index contributed by atoms with van der Waals surface area (Å²) in [4.78, 5) is 8.50. The molecule has 0 aliphatic rings. The maximum Gasteiger partial charge on any atom is 0.417 e. The lowest BCUT2D eigenvalue weighted by molar-refractivity contribution is -0.137. The normalized spacial score (nSPS) is 12.7. The molecule has 1 aromatic carbocycles. The van der Waals surface area contributed by atoms with E-state index in [-0.39, 0.29) is 11.4 Å². The van der Waals surface area contributed by atoms with Crippen LogP contribution in [0.4, 0.5) is 13.2 Å². The Bertz CT molecular complexity index is 932. The maximum atomic E-state index is 13.2. The Morgan fingerprint density at radius 3 is 2.56 bits per heavy atom.